The minimum atomic E-state index is -0.753. The maximum Gasteiger partial charge on any atom is 0.430 e. The fraction of sp³-hybridized carbons (Fsp3) is 0.429. The molecule has 0 unspecified atom stereocenters. The number of amides is 1. The molecular formula is C7H10N4O4S2. The topological polar surface area (TPSA) is 90.5 Å². The van der Waals surface area contributed by atoms with E-state index < -0.39 is 11.0 Å². The van der Waals surface area contributed by atoms with Crippen LogP contribution in [0.4, 0.5) is 10.6 Å². The second-order valence-corrected chi connectivity index (χ2v) is 4.09. The highest BCUT2D eigenvalue weighted by Gasteiger charge is 2.17. The second kappa shape index (κ2) is 5.77. The first kappa shape index (κ1) is 13.6. The van der Waals surface area contributed by atoms with Gasteiger partial charge in [-0.05, 0) is 30.6 Å². The molecule has 0 aliphatic carbocycles. The predicted octanol–water partition coefficient (Wildman–Crippen LogP) is 1.23. The fourth-order valence-corrected chi connectivity index (χ4v) is 1.28. The smallest absolute Gasteiger partial charge is 0.430 e. The molecule has 1 amide bonds. The number of carbonyl (C=O) groups is 1. The Morgan fingerprint density at radius 1 is 1.71 bits per heavy atom. The fourth-order valence-electron chi connectivity index (χ4n) is 1.16. The summed E-state index contributed by atoms with van der Waals surface area (Å²) in [4.78, 5) is 24.9. The number of nitro groups is 1. The van der Waals surface area contributed by atoms with E-state index in [1.165, 1.54) is 4.57 Å². The van der Waals surface area contributed by atoms with E-state index in [1.54, 1.807) is 6.92 Å². The van der Waals surface area contributed by atoms with E-state index >= 15 is 0 Å². The second-order valence-electron chi connectivity index (χ2n) is 2.98. The normalized spacial score (nSPS) is 10.1. The third-order valence-corrected chi connectivity index (χ3v) is 2.25. The SMILES string of the molecule is Cc1ncc([N+](=O)[O-])n1CCOC(=O)N(S)S. The van der Waals surface area contributed by atoms with Gasteiger partial charge in [-0.2, -0.15) is 3.71 Å². The summed E-state index contributed by atoms with van der Waals surface area (Å²) in [6, 6.07) is 0. The Kier molecular flexibility index (Phi) is 4.63. The summed E-state index contributed by atoms with van der Waals surface area (Å²) in [5, 5.41) is 10.6. The number of ether oxygens (including phenoxy) is 1. The molecule has 17 heavy (non-hydrogen) atoms. The Morgan fingerprint density at radius 3 is 2.88 bits per heavy atom. The molecule has 0 N–H and O–H groups in total. The van der Waals surface area contributed by atoms with Gasteiger partial charge in [-0.1, -0.05) is 0 Å². The average Bonchev–Trinajstić information content (AvgIpc) is 2.60. The van der Waals surface area contributed by atoms with Crippen molar-refractivity contribution in [2.75, 3.05) is 6.61 Å². The van der Waals surface area contributed by atoms with E-state index in [9.17, 15) is 14.9 Å². The van der Waals surface area contributed by atoms with Crippen LogP contribution in [0.15, 0.2) is 6.20 Å². The summed E-state index contributed by atoms with van der Waals surface area (Å²) < 4.78 is 6.75. The summed E-state index contributed by atoms with van der Waals surface area (Å²) in [6.45, 7) is 1.73. The van der Waals surface area contributed by atoms with Crippen molar-refractivity contribution in [3.8, 4) is 0 Å². The number of rotatable bonds is 4. The summed E-state index contributed by atoms with van der Waals surface area (Å²) in [5.74, 6) is 0.327. The predicted molar refractivity (Wildman–Crippen MR) is 64.8 cm³/mol. The molecule has 1 rings (SSSR count). The molecule has 1 heterocycles. The van der Waals surface area contributed by atoms with Crippen molar-refractivity contribution in [2.45, 2.75) is 13.5 Å². The molecule has 0 fully saturated rings. The van der Waals surface area contributed by atoms with Gasteiger partial charge in [-0.25, -0.2) is 14.3 Å². The van der Waals surface area contributed by atoms with Gasteiger partial charge >= 0.3 is 11.9 Å². The van der Waals surface area contributed by atoms with E-state index in [-0.39, 0.29) is 19.0 Å². The molecule has 0 bridgehead atoms. The molecule has 94 valence electrons. The first-order chi connectivity index (χ1) is 7.93. The van der Waals surface area contributed by atoms with Crippen LogP contribution in [-0.2, 0) is 11.3 Å². The van der Waals surface area contributed by atoms with E-state index in [2.05, 4.69) is 30.6 Å². The van der Waals surface area contributed by atoms with Crippen molar-refractivity contribution in [1.82, 2.24) is 13.3 Å². The van der Waals surface area contributed by atoms with Crippen molar-refractivity contribution >= 4 is 37.5 Å². The molecule has 10 heteroatoms. The third-order valence-electron chi connectivity index (χ3n) is 1.92. The van der Waals surface area contributed by atoms with Crippen LogP contribution in [0.1, 0.15) is 5.82 Å². The Morgan fingerprint density at radius 2 is 2.35 bits per heavy atom. The van der Waals surface area contributed by atoms with Crippen molar-refractivity contribution in [3.05, 3.63) is 22.1 Å². The molecule has 0 spiro atoms. The minimum Gasteiger partial charge on any atom is -0.444 e. The molecule has 1 aromatic heterocycles. The number of carbonyl (C=O) groups excluding carboxylic acids is 1. The van der Waals surface area contributed by atoms with Gasteiger partial charge in [0.2, 0.25) is 0 Å². The minimum absolute atomic E-state index is 0.0332. The van der Waals surface area contributed by atoms with Gasteiger partial charge in [0.15, 0.2) is 5.82 Å². The first-order valence-electron chi connectivity index (χ1n) is 4.44. The van der Waals surface area contributed by atoms with Gasteiger partial charge in [-0.3, -0.25) is 0 Å². The van der Waals surface area contributed by atoms with Gasteiger partial charge in [0.1, 0.15) is 19.3 Å². The van der Waals surface area contributed by atoms with Crippen LogP contribution < -0.4 is 0 Å². The number of aromatic nitrogens is 2. The number of thiol groups is 2. The Labute approximate surface area is 108 Å². The zero-order valence-electron chi connectivity index (χ0n) is 8.81. The summed E-state index contributed by atoms with van der Waals surface area (Å²) in [6.07, 6.45) is 0.401. The summed E-state index contributed by atoms with van der Waals surface area (Å²) >= 11 is 7.22. The highest BCUT2D eigenvalue weighted by molar-refractivity contribution is 7.94. The van der Waals surface area contributed by atoms with E-state index in [1.807, 2.05) is 0 Å². The average molecular weight is 278 g/mol. The molecule has 1 aromatic rings. The maximum atomic E-state index is 11.0. The number of aryl methyl sites for hydroxylation is 1. The lowest BCUT2D eigenvalue weighted by atomic mass is 10.6. The van der Waals surface area contributed by atoms with Crippen LogP contribution in [0.25, 0.3) is 0 Å². The van der Waals surface area contributed by atoms with Gasteiger partial charge in [0, 0.05) is 6.92 Å². The van der Waals surface area contributed by atoms with Crippen molar-refractivity contribution in [1.29, 1.82) is 0 Å². The van der Waals surface area contributed by atoms with Crippen LogP contribution in [0.5, 0.6) is 0 Å². The number of nitrogens with zero attached hydrogens (tertiary/aromatic N) is 4. The molecule has 0 radical (unpaired) electrons. The lowest BCUT2D eigenvalue weighted by molar-refractivity contribution is -0.392. The Balaban J connectivity index is 2.60. The van der Waals surface area contributed by atoms with Crippen LogP contribution in [0.3, 0.4) is 0 Å². The van der Waals surface area contributed by atoms with Crippen LogP contribution in [0.2, 0.25) is 0 Å². The zero-order valence-corrected chi connectivity index (χ0v) is 10.6. The lowest BCUT2D eigenvalue weighted by Gasteiger charge is -2.08. The lowest BCUT2D eigenvalue weighted by Crippen LogP contribution is -2.17. The van der Waals surface area contributed by atoms with Crippen molar-refractivity contribution in [2.24, 2.45) is 0 Å². The van der Waals surface area contributed by atoms with E-state index in [4.69, 9.17) is 4.74 Å². The molecule has 0 atom stereocenters. The monoisotopic (exact) mass is 278 g/mol. The molecule has 8 nitrogen and oxygen atoms in total. The Hall–Kier alpha value is -1.42. The summed E-state index contributed by atoms with van der Waals surface area (Å²) in [7, 11) is 0. The molecule has 0 aliphatic rings. The van der Waals surface area contributed by atoms with Crippen LogP contribution in [0, 0.1) is 17.0 Å². The third kappa shape index (κ3) is 3.53. The standard InChI is InChI=1S/C7H10N4O4S2/c1-5-8-4-6(10(13)14)9(5)2-3-15-7(12)11(16)17/h4,16-17H,2-3H2,1H3. The van der Waals surface area contributed by atoms with Crippen molar-refractivity contribution < 1.29 is 14.5 Å². The highest BCUT2D eigenvalue weighted by atomic mass is 32.2. The van der Waals surface area contributed by atoms with Gasteiger partial charge < -0.3 is 14.9 Å². The largest absolute Gasteiger partial charge is 0.444 e. The number of hydrogen-bond donors (Lipinski definition) is 2. The molecule has 0 saturated carbocycles. The van der Waals surface area contributed by atoms with Crippen molar-refractivity contribution in [3.63, 3.8) is 0 Å². The van der Waals surface area contributed by atoms with Gasteiger partial charge in [-0.15, -0.1) is 0 Å². The van der Waals surface area contributed by atoms with Crippen LogP contribution in [-0.4, -0.2) is 30.9 Å². The van der Waals surface area contributed by atoms with Gasteiger partial charge in [0.25, 0.3) is 0 Å². The first-order valence-corrected chi connectivity index (χ1v) is 5.24. The maximum absolute atomic E-state index is 11.0. The van der Waals surface area contributed by atoms with Gasteiger partial charge in [0.05, 0.1) is 0 Å². The van der Waals surface area contributed by atoms with E-state index in [0.717, 1.165) is 6.20 Å². The van der Waals surface area contributed by atoms with Crippen LogP contribution >= 0.6 is 25.6 Å². The molecule has 0 aliphatic heterocycles. The molecular weight excluding hydrogens is 268 g/mol. The summed E-state index contributed by atoms with van der Waals surface area (Å²) in [5.41, 5.74) is 0. The Bertz CT molecular complexity index is 434. The molecule has 0 aromatic carbocycles. The molecule has 0 saturated heterocycles. The zero-order chi connectivity index (χ0) is 13.0. The quantitative estimate of drug-likeness (QED) is 0.491. The van der Waals surface area contributed by atoms with E-state index in [0.29, 0.717) is 9.53 Å². The highest BCUT2D eigenvalue weighted by Crippen LogP contribution is 2.13. The number of imidazole rings is 1. The number of hydrogen-bond acceptors (Lipinski definition) is 7.